The first-order chi connectivity index (χ1) is 8.16. The maximum Gasteiger partial charge on any atom is 0.356 e. The van der Waals surface area contributed by atoms with Gasteiger partial charge in [0.15, 0.2) is 5.69 Å². The zero-order valence-electron chi connectivity index (χ0n) is 8.68. The highest BCUT2D eigenvalue weighted by atomic mass is 35.5. The summed E-state index contributed by atoms with van der Waals surface area (Å²) < 4.78 is 0. The lowest BCUT2D eigenvalue weighted by atomic mass is 10.3. The van der Waals surface area contributed by atoms with E-state index in [0.717, 1.165) is 5.56 Å². The Morgan fingerprint density at radius 1 is 1.47 bits per heavy atom. The van der Waals surface area contributed by atoms with Gasteiger partial charge in [-0.2, -0.15) is 11.3 Å². The molecule has 0 bridgehead atoms. The highest BCUT2D eigenvalue weighted by Crippen LogP contribution is 2.17. The molecule has 0 saturated heterocycles. The molecule has 0 saturated carbocycles. The standard InChI is InChI=1S/C11H9ClN2O2S/c12-8-1-2-9(14-10(8)11(15)16)13-5-7-3-4-17-6-7/h1-4,6H,5H2,(H,13,14)(H,15,16). The first-order valence-corrected chi connectivity index (χ1v) is 6.13. The molecule has 0 aliphatic carbocycles. The fraction of sp³-hybridized carbons (Fsp3) is 0.0909. The number of carboxylic acid groups (broad SMARTS) is 1. The molecule has 2 N–H and O–H groups in total. The lowest BCUT2D eigenvalue weighted by Gasteiger charge is -2.05. The maximum atomic E-state index is 10.8. The van der Waals surface area contributed by atoms with Gasteiger partial charge in [-0.3, -0.25) is 0 Å². The lowest BCUT2D eigenvalue weighted by molar-refractivity contribution is 0.0691. The predicted octanol–water partition coefficient (Wildman–Crippen LogP) is 3.11. The number of carboxylic acids is 1. The first kappa shape index (κ1) is 11.9. The van der Waals surface area contributed by atoms with Crippen LogP contribution in [0.1, 0.15) is 16.1 Å². The Morgan fingerprint density at radius 2 is 2.29 bits per heavy atom. The number of rotatable bonds is 4. The third-order valence-corrected chi connectivity index (χ3v) is 3.14. The summed E-state index contributed by atoms with van der Waals surface area (Å²) in [4.78, 5) is 14.8. The first-order valence-electron chi connectivity index (χ1n) is 4.81. The Hall–Kier alpha value is -1.59. The second-order valence-electron chi connectivity index (χ2n) is 3.32. The van der Waals surface area contributed by atoms with Crippen LogP contribution in [0, 0.1) is 0 Å². The van der Waals surface area contributed by atoms with E-state index in [1.165, 1.54) is 6.07 Å². The SMILES string of the molecule is O=C(O)c1nc(NCc2ccsc2)ccc1Cl. The van der Waals surface area contributed by atoms with E-state index >= 15 is 0 Å². The molecule has 2 rings (SSSR count). The maximum absolute atomic E-state index is 10.8. The van der Waals surface area contributed by atoms with Crippen molar-refractivity contribution in [3.8, 4) is 0 Å². The topological polar surface area (TPSA) is 62.2 Å². The third kappa shape index (κ3) is 2.95. The van der Waals surface area contributed by atoms with Gasteiger partial charge in [-0.25, -0.2) is 9.78 Å². The molecule has 4 nitrogen and oxygen atoms in total. The number of aromatic nitrogens is 1. The van der Waals surface area contributed by atoms with Crippen LogP contribution in [-0.4, -0.2) is 16.1 Å². The van der Waals surface area contributed by atoms with Gasteiger partial charge in [0, 0.05) is 6.54 Å². The minimum atomic E-state index is -1.13. The summed E-state index contributed by atoms with van der Waals surface area (Å²) in [6.45, 7) is 0.608. The van der Waals surface area contributed by atoms with E-state index in [0.29, 0.717) is 12.4 Å². The smallest absolute Gasteiger partial charge is 0.356 e. The van der Waals surface area contributed by atoms with Gasteiger partial charge < -0.3 is 10.4 Å². The van der Waals surface area contributed by atoms with E-state index in [-0.39, 0.29) is 10.7 Å². The Labute approximate surface area is 107 Å². The van der Waals surface area contributed by atoms with Crippen molar-refractivity contribution in [3.63, 3.8) is 0 Å². The minimum absolute atomic E-state index is 0.137. The summed E-state index contributed by atoms with van der Waals surface area (Å²) in [5.74, 6) is -0.632. The van der Waals surface area contributed by atoms with Crippen molar-refractivity contribution in [3.05, 3.63) is 45.2 Å². The van der Waals surface area contributed by atoms with Crippen LogP contribution in [0.5, 0.6) is 0 Å². The summed E-state index contributed by atoms with van der Waals surface area (Å²) in [7, 11) is 0. The minimum Gasteiger partial charge on any atom is -0.476 e. The van der Waals surface area contributed by atoms with E-state index in [9.17, 15) is 4.79 Å². The van der Waals surface area contributed by atoms with Crippen LogP contribution in [0.2, 0.25) is 5.02 Å². The van der Waals surface area contributed by atoms with Gasteiger partial charge in [0.05, 0.1) is 5.02 Å². The van der Waals surface area contributed by atoms with Crippen molar-refractivity contribution in [2.75, 3.05) is 5.32 Å². The normalized spacial score (nSPS) is 10.2. The van der Waals surface area contributed by atoms with Crippen LogP contribution in [0.15, 0.2) is 29.0 Å². The molecule has 0 unspecified atom stereocenters. The van der Waals surface area contributed by atoms with Crippen LogP contribution < -0.4 is 5.32 Å². The number of aromatic carboxylic acids is 1. The molecule has 0 aliphatic heterocycles. The predicted molar refractivity (Wildman–Crippen MR) is 67.9 cm³/mol. The Kier molecular flexibility index (Phi) is 3.61. The number of hydrogen-bond acceptors (Lipinski definition) is 4. The highest BCUT2D eigenvalue weighted by molar-refractivity contribution is 7.07. The Morgan fingerprint density at radius 3 is 2.94 bits per heavy atom. The number of pyridine rings is 1. The molecule has 0 aromatic carbocycles. The van der Waals surface area contributed by atoms with Crippen molar-refractivity contribution < 1.29 is 9.90 Å². The second kappa shape index (κ2) is 5.16. The average Bonchev–Trinajstić information content (AvgIpc) is 2.80. The van der Waals surface area contributed by atoms with E-state index in [1.54, 1.807) is 17.4 Å². The Bertz CT molecular complexity index is 528. The van der Waals surface area contributed by atoms with E-state index < -0.39 is 5.97 Å². The second-order valence-corrected chi connectivity index (χ2v) is 4.50. The van der Waals surface area contributed by atoms with Gasteiger partial charge in [-0.15, -0.1) is 0 Å². The monoisotopic (exact) mass is 268 g/mol. The van der Waals surface area contributed by atoms with E-state index in [4.69, 9.17) is 16.7 Å². The van der Waals surface area contributed by atoms with Crippen molar-refractivity contribution >= 4 is 34.7 Å². The zero-order chi connectivity index (χ0) is 12.3. The largest absolute Gasteiger partial charge is 0.476 e. The van der Waals surface area contributed by atoms with Crippen LogP contribution in [0.3, 0.4) is 0 Å². The molecular weight excluding hydrogens is 260 g/mol. The van der Waals surface area contributed by atoms with E-state index in [1.807, 2.05) is 16.8 Å². The van der Waals surface area contributed by atoms with Crippen LogP contribution in [0.4, 0.5) is 5.82 Å². The third-order valence-electron chi connectivity index (χ3n) is 2.10. The summed E-state index contributed by atoms with van der Waals surface area (Å²) in [5.41, 5.74) is 0.991. The van der Waals surface area contributed by atoms with Gasteiger partial charge in [0.2, 0.25) is 0 Å². The molecular formula is C11H9ClN2O2S. The summed E-state index contributed by atoms with van der Waals surface area (Å²) in [5, 5.41) is 16.0. The number of hydrogen-bond donors (Lipinski definition) is 2. The molecule has 17 heavy (non-hydrogen) atoms. The van der Waals surface area contributed by atoms with Crippen molar-refractivity contribution in [2.24, 2.45) is 0 Å². The van der Waals surface area contributed by atoms with Gasteiger partial charge in [-0.05, 0) is 34.5 Å². The van der Waals surface area contributed by atoms with Crippen molar-refractivity contribution in [1.82, 2.24) is 4.98 Å². The summed E-state index contributed by atoms with van der Waals surface area (Å²) in [6, 6.07) is 5.17. The molecule has 0 aliphatic rings. The average molecular weight is 269 g/mol. The molecule has 2 heterocycles. The molecule has 0 fully saturated rings. The van der Waals surface area contributed by atoms with Gasteiger partial charge in [0.1, 0.15) is 5.82 Å². The van der Waals surface area contributed by atoms with Crippen molar-refractivity contribution in [1.29, 1.82) is 0 Å². The molecule has 0 atom stereocenters. The fourth-order valence-electron chi connectivity index (χ4n) is 1.28. The zero-order valence-corrected chi connectivity index (χ0v) is 10.3. The number of nitrogens with one attached hydrogen (secondary N) is 1. The Balaban J connectivity index is 2.11. The number of anilines is 1. The lowest BCUT2D eigenvalue weighted by Crippen LogP contribution is -2.06. The molecule has 0 spiro atoms. The molecule has 2 aromatic heterocycles. The number of carbonyl (C=O) groups is 1. The van der Waals surface area contributed by atoms with Crippen LogP contribution in [0.25, 0.3) is 0 Å². The van der Waals surface area contributed by atoms with Crippen LogP contribution in [-0.2, 0) is 6.54 Å². The van der Waals surface area contributed by atoms with Gasteiger partial charge in [0.25, 0.3) is 0 Å². The quantitative estimate of drug-likeness (QED) is 0.894. The number of nitrogens with zero attached hydrogens (tertiary/aromatic N) is 1. The van der Waals surface area contributed by atoms with Gasteiger partial charge >= 0.3 is 5.97 Å². The molecule has 88 valence electrons. The number of thiophene rings is 1. The molecule has 2 aromatic rings. The fourth-order valence-corrected chi connectivity index (χ4v) is 2.13. The van der Waals surface area contributed by atoms with Crippen LogP contribution >= 0.6 is 22.9 Å². The van der Waals surface area contributed by atoms with E-state index in [2.05, 4.69) is 10.3 Å². The molecule has 0 amide bonds. The highest BCUT2D eigenvalue weighted by Gasteiger charge is 2.11. The van der Waals surface area contributed by atoms with Crippen molar-refractivity contribution in [2.45, 2.75) is 6.54 Å². The molecule has 6 heteroatoms. The number of halogens is 1. The van der Waals surface area contributed by atoms with Gasteiger partial charge in [-0.1, -0.05) is 11.6 Å². The molecule has 0 radical (unpaired) electrons. The summed E-state index contributed by atoms with van der Waals surface area (Å²) >= 11 is 7.33. The summed E-state index contributed by atoms with van der Waals surface area (Å²) in [6.07, 6.45) is 0.